The Morgan fingerprint density at radius 1 is 0.354 bits per heavy atom. The third-order valence-corrected chi connectivity index (χ3v) is 27.5. The van der Waals surface area contributed by atoms with E-state index in [9.17, 15) is 5.48 Å². The van der Waals surface area contributed by atoms with Crippen molar-refractivity contribution in [2.24, 2.45) is 45.9 Å². The van der Waals surface area contributed by atoms with Crippen LogP contribution in [0.25, 0.3) is 166 Å². The molecule has 19 aromatic rings. The number of fused-ring (bicyclic) bond motifs is 26. The first-order chi connectivity index (χ1) is 78.5. The van der Waals surface area contributed by atoms with Crippen molar-refractivity contribution in [2.45, 2.75) is 164 Å². The van der Waals surface area contributed by atoms with Crippen LogP contribution < -0.4 is 18.3 Å². The molecule has 8 heterocycles. The van der Waals surface area contributed by atoms with Crippen LogP contribution in [0.15, 0.2) is 285 Å². The average molecular weight is 1740 g/mol. The number of aryl methyl sites for hydroxylation is 12. The van der Waals surface area contributed by atoms with Gasteiger partial charge in [0.1, 0.15) is 72.9 Å². The molecule has 5 aliphatic rings. The molecule has 8 aromatic heterocycles. The molecule has 5 atom stereocenters. The number of nitrogens with zero attached hydrogens (tertiary/aromatic N) is 4. The Morgan fingerprint density at radius 3 is 1.28 bits per heavy atom. The summed E-state index contributed by atoms with van der Waals surface area (Å²) < 4.78 is 368. The standard InChI is InChI=1S/C35H38NO.C29H26NO.C29H28NO.C29H26NO/c1-21(2)19-35(20-22(3)4)28-11-9-8-10-27(28)32-29(35)15-14-26-25-13-12-24(6)31(33(25)37-34(26)32)30-18-23(5)16-17-36(30)7;1-17-12-13-30(5)25(14-17)27-18(2)10-11-20-22-15-24-21(16-26(22)31-28(20)27)19-8-6-7-9-23(19)29(24,3)4;1-17-12-13-30(5)25(14-17)27-18(2)10-11-20-22-15-21-19-8-6-7-9-23(19)29(3,4)24(21)16-26(22)31-28(20)27;1-17-14-15-30(5)24(16-17)25-18(2)10-11-21-22-13-12-20-19-8-6-7-9-23(19)29(3,4)26(20)28(22)31-27(21)25/h8-18,21-22H,19-20H2,1-7H3;6-16H,1-5H3;6-16,19,23H,1-5H3;6-16H,1-5H3/q4*+1/i1D3,2D3,3D3,4D3,5D3,19D2,21D,22D;1D3,3D3;1D3,3D3,4D3;1D3,3D3. The highest BCUT2D eigenvalue weighted by molar-refractivity contribution is 6.17. The van der Waals surface area contributed by atoms with Crippen LogP contribution in [0.2, 0.25) is 0 Å². The van der Waals surface area contributed by atoms with Gasteiger partial charge in [0.15, 0.2) is 24.8 Å². The summed E-state index contributed by atoms with van der Waals surface area (Å²) in [6.07, 6.45) is 8.60. The monoisotopic (exact) mass is 1740 g/mol. The predicted octanol–water partition coefficient (Wildman–Crippen LogP) is 29.9. The van der Waals surface area contributed by atoms with Gasteiger partial charge in [-0.2, -0.15) is 0 Å². The Balaban J connectivity index is 0.000000131. The number of hydrogen-bond donors (Lipinski definition) is 0. The van der Waals surface area contributed by atoms with Crippen molar-refractivity contribution >= 4 is 87.8 Å². The molecule has 0 spiro atoms. The molecule has 0 amide bonds. The SMILES string of the molecule is [2H]C([2H])([2H])c1cc[n+](C)c(-c2c(C)ccc3c2oc2c4c(ccc23)-c2ccccc2C4(C)C([2H])([2H])[2H])c1.[2H]C([2H])([2H])c1cc[n+](C)c(-c2c(C)ccc3c2oc2c4c(ccc23)C(CC([2H])(C([2H])([2H])[2H])C([2H])([2H])[2H])(C([2H])([2H])C([2H])(C([2H])([2H])[2H])C([2H])([2H])[2H])c2ccccc2-4)c1.[2H]C([2H])([2H])c1cc[n+](C)c(-c2c(C)ccc3c2oc2cc4c(cc23)C(C)(C([2H])([2H])[2H])c2ccccc2-4)c1.[2H]C([2H])([2H])c1cc[n+](C)c(-c2c(C)ccc3c2oc2cc4c(cc23)C2C=CC=CC2C4(C([2H])([2H])[2H])C([2H])([2H])[2H])c1. The van der Waals surface area contributed by atoms with Gasteiger partial charge in [-0.1, -0.05) is 232 Å². The minimum Gasteiger partial charge on any atom is -0.455 e. The molecule has 0 bridgehead atoms. The zero-order valence-corrected chi connectivity index (χ0v) is 73.2. The van der Waals surface area contributed by atoms with Gasteiger partial charge in [0.2, 0.25) is 22.8 Å². The molecule has 5 unspecified atom stereocenters. The molecule has 0 aliphatic heterocycles. The van der Waals surface area contributed by atoms with Crippen LogP contribution in [0.1, 0.15) is 231 Å². The van der Waals surface area contributed by atoms with Gasteiger partial charge in [-0.15, -0.1) is 0 Å². The van der Waals surface area contributed by atoms with Gasteiger partial charge < -0.3 is 17.7 Å². The van der Waals surface area contributed by atoms with Crippen LogP contribution >= 0.6 is 0 Å². The number of benzene rings is 11. The van der Waals surface area contributed by atoms with Gasteiger partial charge in [0, 0.05) is 180 Å². The van der Waals surface area contributed by atoms with Gasteiger partial charge in [-0.25, -0.2) is 18.3 Å². The third kappa shape index (κ3) is 12.9. The van der Waals surface area contributed by atoms with Crippen molar-refractivity contribution in [3.8, 4) is 78.4 Å². The molecule has 0 fully saturated rings. The average Bonchev–Trinajstić information content (AvgIpc) is 1.48. The summed E-state index contributed by atoms with van der Waals surface area (Å²) in [6, 6.07) is 63.5. The minimum absolute atomic E-state index is 0.0549. The van der Waals surface area contributed by atoms with Crippen molar-refractivity contribution in [3.63, 3.8) is 0 Å². The first-order valence-electron chi connectivity index (χ1n) is 63.2. The van der Waals surface area contributed by atoms with E-state index in [1.54, 1.807) is 124 Å². The maximum absolute atomic E-state index is 9.70. The van der Waals surface area contributed by atoms with Crippen LogP contribution in [0.5, 0.6) is 0 Å². The van der Waals surface area contributed by atoms with Gasteiger partial charge in [0.25, 0.3) is 0 Å². The Hall–Kier alpha value is -13.3. The maximum Gasteiger partial charge on any atom is 0.216 e. The molecule has 8 heteroatoms. The van der Waals surface area contributed by atoms with E-state index in [4.69, 9.17) is 67.0 Å². The Labute approximate surface area is 820 Å². The van der Waals surface area contributed by atoms with Crippen LogP contribution in [-0.4, -0.2) is 0 Å². The first kappa shape index (κ1) is 50.0. The second kappa shape index (κ2) is 30.7. The summed E-state index contributed by atoms with van der Waals surface area (Å²) in [5, 5.41) is 5.88. The van der Waals surface area contributed by atoms with Crippen LogP contribution in [0.4, 0.5) is 0 Å². The highest BCUT2D eigenvalue weighted by Crippen LogP contribution is 2.61. The topological polar surface area (TPSA) is 68.1 Å². The second-order valence-electron chi connectivity index (χ2n) is 35.7. The van der Waals surface area contributed by atoms with Crippen molar-refractivity contribution < 1.29 is 90.8 Å². The molecule has 0 saturated carbocycles. The van der Waals surface area contributed by atoms with Gasteiger partial charge >= 0.3 is 0 Å². The van der Waals surface area contributed by atoms with E-state index in [0.717, 1.165) is 110 Å². The molecule has 0 saturated heterocycles. The van der Waals surface area contributed by atoms with E-state index in [1.165, 1.54) is 48.5 Å². The van der Waals surface area contributed by atoms with Crippen molar-refractivity contribution in [2.75, 3.05) is 0 Å². The van der Waals surface area contributed by atoms with Gasteiger partial charge in [-0.3, -0.25) is 0 Å². The lowest BCUT2D eigenvalue weighted by Crippen LogP contribution is -2.30. The highest BCUT2D eigenvalue weighted by Gasteiger charge is 2.48. The second-order valence-corrected chi connectivity index (χ2v) is 35.7. The summed E-state index contributed by atoms with van der Waals surface area (Å²) in [4.78, 5) is 0. The van der Waals surface area contributed by atoms with Crippen molar-refractivity contribution in [3.05, 3.63) is 356 Å². The Kier molecular flexibility index (Phi) is 11.8. The number of aromatic nitrogens is 4. The van der Waals surface area contributed by atoms with E-state index in [0.29, 0.717) is 83.6 Å². The summed E-state index contributed by atoms with van der Waals surface area (Å²) in [6.45, 7) is -23.3. The largest absolute Gasteiger partial charge is 0.455 e. The first-order valence-corrected chi connectivity index (χ1v) is 43.2. The summed E-state index contributed by atoms with van der Waals surface area (Å²) in [5.74, 6) is -8.73. The molecule has 24 rings (SSSR count). The van der Waals surface area contributed by atoms with E-state index >= 15 is 0 Å². The van der Waals surface area contributed by atoms with Crippen molar-refractivity contribution in [1.82, 2.24) is 0 Å². The van der Waals surface area contributed by atoms with Crippen LogP contribution in [0, 0.1) is 72.8 Å². The van der Waals surface area contributed by atoms with Crippen LogP contribution in [0.3, 0.4) is 0 Å². The minimum atomic E-state index is -4.03. The maximum atomic E-state index is 9.70. The Bertz CT molecular complexity index is 9770. The molecular weight excluding hydrogens is 1590 g/mol. The smallest absolute Gasteiger partial charge is 0.216 e. The number of furan rings is 4. The lowest BCUT2D eigenvalue weighted by atomic mass is 9.68. The number of pyridine rings is 4. The number of rotatable bonds is 8. The zero-order chi connectivity index (χ0) is 124. The lowest BCUT2D eigenvalue weighted by molar-refractivity contribution is -0.660. The fraction of sp³-hybridized carbons (Fsp3) is 0.262. The normalized spacial score (nSPS) is 24.0. The molecule has 11 aromatic carbocycles. The molecule has 8 nitrogen and oxygen atoms in total. The molecule has 5 aliphatic carbocycles. The summed E-state index contributed by atoms with van der Waals surface area (Å²) in [7, 11) is 7.31. The van der Waals surface area contributed by atoms with Crippen LogP contribution in [-0.2, 0) is 49.9 Å². The van der Waals surface area contributed by atoms with E-state index in [1.807, 2.05) is 183 Å². The fourth-order valence-corrected chi connectivity index (χ4v) is 21.3. The Morgan fingerprint density at radius 2 is 0.777 bits per heavy atom. The van der Waals surface area contributed by atoms with E-state index in [-0.39, 0.29) is 61.2 Å². The zero-order valence-electron chi connectivity index (χ0n) is 113. The lowest BCUT2D eigenvalue weighted by Gasteiger charge is -2.35. The predicted molar refractivity (Wildman–Crippen MR) is 537 cm³/mol. The quantitative estimate of drug-likeness (QED) is 0.142. The van der Waals surface area contributed by atoms with Gasteiger partial charge in [0.05, 0.1) is 22.3 Å². The number of allylic oxidation sites excluding steroid dienone is 4. The number of hydrogen-bond acceptors (Lipinski definition) is 4. The third-order valence-electron chi connectivity index (χ3n) is 27.5. The van der Waals surface area contributed by atoms with Crippen molar-refractivity contribution in [1.29, 1.82) is 0 Å². The molecule has 646 valence electrons. The molecular formula is C122H118N4O4+4. The molecule has 0 N–H and O–H groups in total. The molecule has 130 heavy (non-hydrogen) atoms. The fourth-order valence-electron chi connectivity index (χ4n) is 21.3. The molecule has 0 radical (unpaired) electrons. The van der Waals surface area contributed by atoms with E-state index in [2.05, 4.69) is 0 Å². The van der Waals surface area contributed by atoms with Gasteiger partial charge in [-0.05, 0) is 233 Å². The highest BCUT2D eigenvalue weighted by atomic mass is 16.3. The summed E-state index contributed by atoms with van der Waals surface area (Å²) >= 11 is 0. The summed E-state index contributed by atoms with van der Waals surface area (Å²) in [5.41, 5.74) is 13.2. The van der Waals surface area contributed by atoms with E-state index < -0.39 is 140 Å².